The molecule has 0 bridgehead atoms. The topological polar surface area (TPSA) is 77.2 Å². The van der Waals surface area contributed by atoms with Gasteiger partial charge in [-0.1, -0.05) is 6.07 Å². The zero-order valence-corrected chi connectivity index (χ0v) is 15.5. The van der Waals surface area contributed by atoms with Crippen LogP contribution in [0.2, 0.25) is 0 Å². The number of rotatable bonds is 1. The molecule has 1 aliphatic carbocycles. The summed E-state index contributed by atoms with van der Waals surface area (Å²) in [7, 11) is 0.502. The number of nitrogens with one attached hydrogen (secondary N) is 1. The predicted molar refractivity (Wildman–Crippen MR) is 94.8 cm³/mol. The van der Waals surface area contributed by atoms with Gasteiger partial charge in [0.1, 0.15) is 0 Å². The molecule has 6 heteroatoms. The second-order valence-electron chi connectivity index (χ2n) is 7.47. The first-order chi connectivity index (χ1) is 10.8. The van der Waals surface area contributed by atoms with Crippen molar-refractivity contribution in [3.63, 3.8) is 0 Å². The third-order valence-corrected chi connectivity index (χ3v) is 5.83. The molecule has 1 atom stereocenters. The van der Waals surface area contributed by atoms with Crippen LogP contribution in [0.25, 0.3) is 0 Å². The summed E-state index contributed by atoms with van der Waals surface area (Å²) in [5.41, 5.74) is 3.19. The van der Waals surface area contributed by atoms with E-state index in [9.17, 15) is 4.21 Å². The third kappa shape index (κ3) is 4.75. The Morgan fingerprint density at radius 2 is 1.87 bits per heavy atom. The van der Waals surface area contributed by atoms with E-state index < -0.39 is 11.0 Å². The second-order valence-corrected chi connectivity index (χ2v) is 9.29. The van der Waals surface area contributed by atoms with Crippen molar-refractivity contribution in [1.82, 2.24) is 10.3 Å². The molecule has 5 nitrogen and oxygen atoms in total. The molecule has 0 amide bonds. The van der Waals surface area contributed by atoms with Crippen molar-refractivity contribution >= 4 is 11.0 Å². The first-order valence-corrected chi connectivity index (χ1v) is 9.37. The van der Waals surface area contributed by atoms with Crippen molar-refractivity contribution < 1.29 is 8.95 Å². The van der Waals surface area contributed by atoms with E-state index in [4.69, 9.17) is 9.88 Å². The van der Waals surface area contributed by atoms with Crippen molar-refractivity contribution in [3.05, 3.63) is 23.4 Å². The molecule has 3 N–H and O–H groups in total. The van der Waals surface area contributed by atoms with Crippen LogP contribution in [0.3, 0.4) is 0 Å². The van der Waals surface area contributed by atoms with Gasteiger partial charge in [-0.25, -0.2) is 9.19 Å². The maximum Gasteiger partial charge on any atom is 0.213 e. The molecule has 2 heterocycles. The molecule has 1 spiro atoms. The van der Waals surface area contributed by atoms with Crippen molar-refractivity contribution in [1.29, 1.82) is 0 Å². The fourth-order valence-corrected chi connectivity index (χ4v) is 3.07. The number of methoxy groups -OCH3 is 1. The van der Waals surface area contributed by atoms with Crippen LogP contribution in [-0.4, -0.2) is 34.1 Å². The minimum Gasteiger partial charge on any atom is -0.481 e. The highest BCUT2D eigenvalue weighted by atomic mass is 32.2. The Morgan fingerprint density at radius 1 is 1.26 bits per heavy atom. The highest BCUT2D eigenvalue weighted by Gasteiger charge is 2.38. The summed E-state index contributed by atoms with van der Waals surface area (Å²) in [6.07, 6.45) is 4.92. The van der Waals surface area contributed by atoms with E-state index in [2.05, 4.69) is 16.4 Å². The van der Waals surface area contributed by atoms with Crippen LogP contribution < -0.4 is 15.2 Å². The molecule has 130 valence electrons. The Labute approximate surface area is 142 Å². The normalized spacial score (nSPS) is 20.4. The number of nitrogens with zero attached hydrogens (tertiary/aromatic N) is 1. The van der Waals surface area contributed by atoms with Gasteiger partial charge in [-0.05, 0) is 70.5 Å². The van der Waals surface area contributed by atoms with Crippen molar-refractivity contribution in [2.24, 2.45) is 10.6 Å². The zero-order valence-electron chi connectivity index (χ0n) is 14.6. The summed E-state index contributed by atoms with van der Waals surface area (Å²) >= 11 is 0. The summed E-state index contributed by atoms with van der Waals surface area (Å²) in [5.74, 6) is 0.754. The maximum absolute atomic E-state index is 10.4. The van der Waals surface area contributed by atoms with Crippen LogP contribution in [0.4, 0.5) is 0 Å². The summed E-state index contributed by atoms with van der Waals surface area (Å²) in [6, 6.07) is 4.18. The molecule has 2 aliphatic rings. The molecule has 1 saturated heterocycles. The molecule has 0 aromatic carbocycles. The molecule has 1 aromatic heterocycles. The SMILES string of the molecule is CC(C)(C)S(N)=O.COc1ccc2c(n1)CC1(CCNCC1)C2. The van der Waals surface area contributed by atoms with Crippen LogP contribution in [0.1, 0.15) is 44.9 Å². The average Bonchev–Trinajstić information content (AvgIpc) is 2.83. The number of ether oxygens (including phenoxy) is 1. The van der Waals surface area contributed by atoms with Crippen molar-refractivity contribution in [3.8, 4) is 5.88 Å². The first kappa shape index (κ1) is 18.4. The van der Waals surface area contributed by atoms with Gasteiger partial charge in [-0.15, -0.1) is 0 Å². The van der Waals surface area contributed by atoms with Gasteiger partial charge >= 0.3 is 0 Å². The smallest absolute Gasteiger partial charge is 0.213 e. The molecule has 0 radical (unpaired) electrons. The number of hydrogen-bond acceptors (Lipinski definition) is 4. The first-order valence-electron chi connectivity index (χ1n) is 8.16. The Balaban J connectivity index is 0.000000236. The van der Waals surface area contributed by atoms with Gasteiger partial charge in [-0.3, -0.25) is 5.14 Å². The van der Waals surface area contributed by atoms with Crippen molar-refractivity contribution in [2.75, 3.05) is 20.2 Å². The van der Waals surface area contributed by atoms with E-state index >= 15 is 0 Å². The Morgan fingerprint density at radius 3 is 2.39 bits per heavy atom. The highest BCUT2D eigenvalue weighted by Crippen LogP contribution is 2.42. The standard InChI is InChI=1S/C13H18N2O.C4H11NOS/c1-16-12-3-2-10-8-13(9-11(10)15-12)4-6-14-7-5-13;1-4(2,3)7(5)6/h2-3,14H,4-9H2,1H3;5H2,1-3H3. The molecule has 23 heavy (non-hydrogen) atoms. The lowest BCUT2D eigenvalue weighted by Crippen LogP contribution is -2.37. The molecular weight excluding hydrogens is 310 g/mol. The summed E-state index contributed by atoms with van der Waals surface area (Å²) < 4.78 is 15.3. The largest absolute Gasteiger partial charge is 0.481 e. The second kappa shape index (κ2) is 7.28. The lowest BCUT2D eigenvalue weighted by Gasteiger charge is -2.33. The summed E-state index contributed by atoms with van der Waals surface area (Å²) in [5, 5.41) is 8.48. The summed E-state index contributed by atoms with van der Waals surface area (Å²) in [4.78, 5) is 4.58. The summed E-state index contributed by atoms with van der Waals surface area (Å²) in [6.45, 7) is 7.82. The van der Waals surface area contributed by atoms with E-state index in [0.717, 1.165) is 25.4 Å². The van der Waals surface area contributed by atoms with Crippen molar-refractivity contribution in [2.45, 2.75) is 51.2 Å². The molecule has 1 aliphatic heterocycles. The van der Waals surface area contributed by atoms with Gasteiger partial charge in [0.2, 0.25) is 5.88 Å². The number of nitrogens with two attached hydrogens (primary N) is 1. The van der Waals surface area contributed by atoms with Gasteiger partial charge in [0.15, 0.2) is 0 Å². The maximum atomic E-state index is 10.4. The monoisotopic (exact) mass is 339 g/mol. The number of hydrogen-bond donors (Lipinski definition) is 2. The number of aromatic nitrogens is 1. The minimum absolute atomic E-state index is 0.250. The lowest BCUT2D eigenvalue weighted by molar-refractivity contribution is 0.215. The van der Waals surface area contributed by atoms with E-state index in [1.54, 1.807) is 7.11 Å². The molecule has 1 fully saturated rings. The van der Waals surface area contributed by atoms with Gasteiger partial charge in [0, 0.05) is 11.8 Å². The molecule has 1 unspecified atom stereocenters. The van der Waals surface area contributed by atoms with Gasteiger partial charge < -0.3 is 10.1 Å². The van der Waals surface area contributed by atoms with Crippen LogP contribution in [0, 0.1) is 5.41 Å². The van der Waals surface area contributed by atoms with Gasteiger partial charge in [0.25, 0.3) is 0 Å². The van der Waals surface area contributed by atoms with Crippen LogP contribution >= 0.6 is 0 Å². The Hall–Kier alpha value is -0.980. The van der Waals surface area contributed by atoms with E-state index in [1.807, 2.05) is 26.8 Å². The Kier molecular flexibility index (Phi) is 5.81. The van der Waals surface area contributed by atoms with E-state index in [-0.39, 0.29) is 4.75 Å². The molecule has 1 aromatic rings. The van der Waals surface area contributed by atoms with Crippen LogP contribution in [0.5, 0.6) is 5.88 Å². The fraction of sp³-hybridized carbons (Fsp3) is 0.706. The van der Waals surface area contributed by atoms with Gasteiger partial charge in [0.05, 0.1) is 22.8 Å². The molecular formula is C17H29N3O2S. The predicted octanol–water partition coefficient (Wildman–Crippen LogP) is 1.97. The van der Waals surface area contributed by atoms with E-state index in [0.29, 0.717) is 5.41 Å². The third-order valence-electron chi connectivity index (χ3n) is 4.63. The Bertz CT molecular complexity index is 563. The quantitative estimate of drug-likeness (QED) is 0.820. The fourth-order valence-electron chi connectivity index (χ4n) is 3.07. The highest BCUT2D eigenvalue weighted by molar-refractivity contribution is 7.84. The number of piperidine rings is 1. The van der Waals surface area contributed by atoms with E-state index in [1.165, 1.54) is 30.5 Å². The average molecular weight is 340 g/mol. The molecule has 0 saturated carbocycles. The van der Waals surface area contributed by atoms with Crippen LogP contribution in [-0.2, 0) is 23.8 Å². The zero-order chi connectivity index (χ0) is 17.1. The van der Waals surface area contributed by atoms with Gasteiger partial charge in [-0.2, -0.15) is 0 Å². The number of pyridine rings is 1. The van der Waals surface area contributed by atoms with Crippen LogP contribution in [0.15, 0.2) is 12.1 Å². The lowest BCUT2D eigenvalue weighted by atomic mass is 9.77. The molecule has 3 rings (SSSR count). The minimum atomic E-state index is -1.18. The number of fused-ring (bicyclic) bond motifs is 1.